The number of rotatable bonds is 2. The van der Waals surface area contributed by atoms with Gasteiger partial charge in [0.2, 0.25) is 0 Å². The van der Waals surface area contributed by atoms with Gasteiger partial charge in [0.1, 0.15) is 6.54 Å². The van der Waals surface area contributed by atoms with E-state index in [2.05, 4.69) is 0 Å². The van der Waals surface area contributed by atoms with Gasteiger partial charge in [-0.3, -0.25) is 0 Å². The molecular weight excluding hydrogens is 90.1 g/mol. The van der Waals surface area contributed by atoms with Gasteiger partial charge in [0.05, 0.1) is 0 Å². The summed E-state index contributed by atoms with van der Waals surface area (Å²) in [5, 5.41) is 10.3. The number of hydrogen-bond donors (Lipinski definition) is 0. The van der Waals surface area contributed by atoms with Crippen LogP contribution in [0.15, 0.2) is 0 Å². The fraction of sp³-hybridized carbons (Fsp3) is 0.800. The van der Waals surface area contributed by atoms with Crippen LogP contribution in [-0.2, 0) is 0 Å². The third kappa shape index (κ3) is 3.30. The fourth-order valence-electron chi connectivity index (χ4n) is 0.333. The van der Waals surface area contributed by atoms with Gasteiger partial charge in [-0.05, 0) is 6.92 Å². The summed E-state index contributed by atoms with van der Waals surface area (Å²) in [7, 11) is 0. The van der Waals surface area contributed by atoms with Gasteiger partial charge in [-0.15, -0.1) is 0 Å². The van der Waals surface area contributed by atoms with Gasteiger partial charge < -0.3 is 5.21 Å². The van der Waals surface area contributed by atoms with Crippen LogP contribution in [0.25, 0.3) is 0 Å². The van der Waals surface area contributed by atoms with Gasteiger partial charge in [-0.25, -0.2) is 4.74 Å². The minimum atomic E-state index is 0.563. The van der Waals surface area contributed by atoms with Crippen molar-refractivity contribution in [2.75, 3.05) is 6.54 Å². The quantitative estimate of drug-likeness (QED) is 0.220. The molecule has 0 heterocycles. The molecule has 0 radical (unpaired) electrons. The number of hydrogen-bond acceptors (Lipinski definition) is 1. The molecule has 0 aromatic carbocycles. The minimum absolute atomic E-state index is 0.563. The van der Waals surface area contributed by atoms with E-state index < -0.39 is 0 Å². The Kier molecular flexibility index (Phi) is 3.38. The minimum Gasteiger partial charge on any atom is -0.624 e. The Balaban J connectivity index is 3.29. The van der Waals surface area contributed by atoms with Crippen molar-refractivity contribution in [2.45, 2.75) is 20.3 Å². The third-order valence-electron chi connectivity index (χ3n) is 0.698. The van der Waals surface area contributed by atoms with Gasteiger partial charge in [0.25, 0.3) is 0 Å². The Labute approximate surface area is 44.1 Å². The van der Waals surface area contributed by atoms with E-state index in [1.807, 2.05) is 13.8 Å². The predicted octanol–water partition coefficient (Wildman–Crippen LogP) is 0.997. The highest BCUT2D eigenvalue weighted by Crippen LogP contribution is 1.68. The molecule has 0 amide bonds. The van der Waals surface area contributed by atoms with Gasteiger partial charge in [0, 0.05) is 6.42 Å². The van der Waals surface area contributed by atoms with E-state index in [0.717, 1.165) is 11.2 Å². The van der Waals surface area contributed by atoms with Crippen molar-refractivity contribution in [3.05, 3.63) is 5.21 Å². The number of hydroxylamine groups is 1. The molecule has 2 heteroatoms. The van der Waals surface area contributed by atoms with E-state index in [1.165, 1.54) is 0 Å². The molecule has 0 aromatic heterocycles. The summed E-state index contributed by atoms with van der Waals surface area (Å²) in [5.41, 5.74) is 0. The summed E-state index contributed by atoms with van der Waals surface area (Å²) in [6.45, 7) is 4.34. The Morgan fingerprint density at radius 2 is 2.14 bits per heavy atom. The molecule has 0 aliphatic carbocycles. The van der Waals surface area contributed by atoms with Crippen molar-refractivity contribution in [3.8, 4) is 0 Å². The summed E-state index contributed by atoms with van der Waals surface area (Å²) in [6, 6.07) is 0. The zero-order valence-electron chi connectivity index (χ0n) is 4.85. The van der Waals surface area contributed by atoms with E-state index in [0.29, 0.717) is 6.54 Å². The SMILES string of the molecule is CC/C=[N+](\[O-])CC. The Morgan fingerprint density at radius 3 is 2.29 bits per heavy atom. The predicted molar refractivity (Wildman–Crippen MR) is 30.5 cm³/mol. The van der Waals surface area contributed by atoms with Crippen LogP contribution in [0.2, 0.25) is 0 Å². The molecular formula is C5H11NO. The van der Waals surface area contributed by atoms with Crippen LogP contribution in [0.3, 0.4) is 0 Å². The Morgan fingerprint density at radius 1 is 1.57 bits per heavy atom. The molecule has 7 heavy (non-hydrogen) atoms. The van der Waals surface area contributed by atoms with Crippen molar-refractivity contribution in [3.63, 3.8) is 0 Å². The molecule has 0 saturated heterocycles. The topological polar surface area (TPSA) is 26.1 Å². The molecule has 0 bridgehead atoms. The second kappa shape index (κ2) is 3.65. The first kappa shape index (κ1) is 6.47. The summed E-state index contributed by atoms with van der Waals surface area (Å²) >= 11 is 0. The van der Waals surface area contributed by atoms with Crippen LogP contribution in [0.4, 0.5) is 0 Å². The monoisotopic (exact) mass is 101 g/mol. The molecule has 0 spiro atoms. The van der Waals surface area contributed by atoms with E-state index in [1.54, 1.807) is 6.21 Å². The first-order valence-corrected chi connectivity index (χ1v) is 2.58. The fourth-order valence-corrected chi connectivity index (χ4v) is 0.333. The van der Waals surface area contributed by atoms with Crippen molar-refractivity contribution in [1.82, 2.24) is 0 Å². The molecule has 0 aliphatic rings. The molecule has 0 unspecified atom stereocenters. The van der Waals surface area contributed by atoms with Crippen molar-refractivity contribution in [1.29, 1.82) is 0 Å². The van der Waals surface area contributed by atoms with E-state index in [-0.39, 0.29) is 0 Å². The second-order valence-corrected chi connectivity index (χ2v) is 1.32. The van der Waals surface area contributed by atoms with Crippen molar-refractivity contribution < 1.29 is 4.74 Å². The van der Waals surface area contributed by atoms with Crippen molar-refractivity contribution in [2.24, 2.45) is 0 Å². The maximum Gasteiger partial charge on any atom is 0.150 e. The lowest BCUT2D eigenvalue weighted by atomic mass is 10.5. The van der Waals surface area contributed by atoms with Gasteiger partial charge in [0.15, 0.2) is 6.21 Å². The Bertz CT molecular complexity index is 68.5. The normalized spacial score (nSPS) is 12.0. The van der Waals surface area contributed by atoms with Crippen LogP contribution in [0.1, 0.15) is 20.3 Å². The molecule has 0 rings (SSSR count). The van der Waals surface area contributed by atoms with Gasteiger partial charge in [-0.2, -0.15) is 0 Å². The Hall–Kier alpha value is -0.530. The van der Waals surface area contributed by atoms with Crippen LogP contribution >= 0.6 is 0 Å². The lowest BCUT2D eigenvalue weighted by Gasteiger charge is -1.95. The average molecular weight is 101 g/mol. The summed E-state index contributed by atoms with van der Waals surface area (Å²) in [5.74, 6) is 0. The van der Waals surface area contributed by atoms with E-state index in [4.69, 9.17) is 0 Å². The van der Waals surface area contributed by atoms with Crippen LogP contribution in [-0.4, -0.2) is 17.5 Å². The maximum atomic E-state index is 10.3. The highest BCUT2D eigenvalue weighted by molar-refractivity contribution is 5.50. The molecule has 42 valence electrons. The maximum absolute atomic E-state index is 10.3. The number of nitrogens with zero attached hydrogens (tertiary/aromatic N) is 1. The highest BCUT2D eigenvalue weighted by atomic mass is 16.5. The standard InChI is InChI=1S/C5H11NO/c1-3-5-6(7)4-2/h5H,3-4H2,1-2H3/b6-5-. The second-order valence-electron chi connectivity index (χ2n) is 1.32. The highest BCUT2D eigenvalue weighted by Gasteiger charge is 1.78. The zero-order chi connectivity index (χ0) is 5.70. The molecule has 2 nitrogen and oxygen atoms in total. The summed E-state index contributed by atoms with van der Waals surface area (Å²) in [6.07, 6.45) is 2.46. The lowest BCUT2D eigenvalue weighted by molar-refractivity contribution is -0.449. The van der Waals surface area contributed by atoms with Crippen molar-refractivity contribution >= 4 is 6.21 Å². The average Bonchev–Trinajstić information content (AvgIpc) is 1.68. The van der Waals surface area contributed by atoms with E-state index in [9.17, 15) is 5.21 Å². The molecule has 0 atom stereocenters. The molecule has 0 aliphatic heterocycles. The van der Waals surface area contributed by atoms with Gasteiger partial charge >= 0.3 is 0 Å². The molecule has 0 saturated carbocycles. The van der Waals surface area contributed by atoms with Gasteiger partial charge in [-0.1, -0.05) is 6.92 Å². The van der Waals surface area contributed by atoms with Crippen LogP contribution in [0, 0.1) is 5.21 Å². The lowest BCUT2D eigenvalue weighted by Crippen LogP contribution is -2.01. The molecule has 0 fully saturated rings. The van der Waals surface area contributed by atoms with E-state index >= 15 is 0 Å². The zero-order valence-corrected chi connectivity index (χ0v) is 4.85. The first-order chi connectivity index (χ1) is 3.31. The molecule has 0 aromatic rings. The summed E-state index contributed by atoms with van der Waals surface area (Å²) < 4.78 is 0.931. The molecule has 0 N–H and O–H groups in total. The van der Waals surface area contributed by atoms with Crippen LogP contribution < -0.4 is 0 Å². The third-order valence-corrected chi connectivity index (χ3v) is 0.698. The first-order valence-electron chi connectivity index (χ1n) is 2.58. The largest absolute Gasteiger partial charge is 0.624 e. The summed E-state index contributed by atoms with van der Waals surface area (Å²) in [4.78, 5) is 0. The smallest absolute Gasteiger partial charge is 0.150 e. The van der Waals surface area contributed by atoms with Crippen LogP contribution in [0.5, 0.6) is 0 Å².